The first-order valence-electron chi connectivity index (χ1n) is 5.22. The van der Waals surface area contributed by atoms with Gasteiger partial charge in [-0.3, -0.25) is 4.79 Å². The van der Waals surface area contributed by atoms with Crippen LogP contribution < -0.4 is 5.32 Å². The van der Waals surface area contributed by atoms with Crippen LogP contribution >= 0.6 is 15.9 Å². The average molecular weight is 264 g/mol. The molecule has 0 aromatic rings. The van der Waals surface area contributed by atoms with Crippen LogP contribution in [-0.4, -0.2) is 30.0 Å². The van der Waals surface area contributed by atoms with E-state index in [9.17, 15) is 4.79 Å². The molecule has 0 saturated carbocycles. The van der Waals surface area contributed by atoms with E-state index in [0.29, 0.717) is 0 Å². The number of hydrogen-bond donors (Lipinski definition) is 1. The molecule has 1 N–H and O–H groups in total. The van der Waals surface area contributed by atoms with E-state index in [1.807, 2.05) is 6.92 Å². The Labute approximate surface area is 93.7 Å². The molecule has 0 aromatic carbocycles. The van der Waals surface area contributed by atoms with Gasteiger partial charge < -0.3 is 10.1 Å². The van der Waals surface area contributed by atoms with Crippen LogP contribution in [0.4, 0.5) is 0 Å². The average Bonchev–Trinajstić information content (AvgIpc) is 2.67. The van der Waals surface area contributed by atoms with E-state index < -0.39 is 0 Å². The fourth-order valence-corrected chi connectivity index (χ4v) is 1.90. The summed E-state index contributed by atoms with van der Waals surface area (Å²) in [5.41, 5.74) is 0. The molecule has 0 aromatic heterocycles. The highest BCUT2D eigenvalue weighted by atomic mass is 79.9. The number of alkyl halides is 1. The summed E-state index contributed by atoms with van der Waals surface area (Å²) in [7, 11) is 0. The van der Waals surface area contributed by atoms with Crippen LogP contribution in [0.5, 0.6) is 0 Å². The van der Waals surface area contributed by atoms with E-state index >= 15 is 0 Å². The van der Waals surface area contributed by atoms with Crippen LogP contribution in [0.3, 0.4) is 0 Å². The van der Waals surface area contributed by atoms with Gasteiger partial charge in [-0.15, -0.1) is 0 Å². The minimum Gasteiger partial charge on any atom is -0.368 e. The molecule has 0 bridgehead atoms. The van der Waals surface area contributed by atoms with Gasteiger partial charge >= 0.3 is 0 Å². The van der Waals surface area contributed by atoms with E-state index in [0.717, 1.165) is 37.6 Å². The summed E-state index contributed by atoms with van der Waals surface area (Å²) in [6.45, 7) is 2.77. The zero-order valence-electron chi connectivity index (χ0n) is 8.59. The third-order valence-corrected chi connectivity index (χ3v) is 2.94. The van der Waals surface area contributed by atoms with Crippen molar-refractivity contribution >= 4 is 21.8 Å². The van der Waals surface area contributed by atoms with Crippen molar-refractivity contribution in [2.75, 3.05) is 11.9 Å². The van der Waals surface area contributed by atoms with Crippen molar-refractivity contribution in [3.8, 4) is 0 Å². The molecule has 14 heavy (non-hydrogen) atoms. The maximum Gasteiger partial charge on any atom is 0.249 e. The molecule has 4 heteroatoms. The van der Waals surface area contributed by atoms with Crippen molar-refractivity contribution in [3.05, 3.63) is 0 Å². The second-order valence-electron chi connectivity index (χ2n) is 3.74. The summed E-state index contributed by atoms with van der Waals surface area (Å²) < 4.78 is 5.30. The molecule has 3 nitrogen and oxygen atoms in total. The van der Waals surface area contributed by atoms with Crippen molar-refractivity contribution < 1.29 is 9.53 Å². The molecule has 1 heterocycles. The van der Waals surface area contributed by atoms with Crippen molar-refractivity contribution in [1.82, 2.24) is 5.32 Å². The molecule has 1 aliphatic rings. The predicted octanol–water partition coefficient (Wildman–Crippen LogP) is 1.85. The molecular formula is C10H18BrNO2. The highest BCUT2D eigenvalue weighted by molar-refractivity contribution is 9.09. The molecule has 1 fully saturated rings. The van der Waals surface area contributed by atoms with Crippen molar-refractivity contribution in [1.29, 1.82) is 0 Å². The summed E-state index contributed by atoms with van der Waals surface area (Å²) >= 11 is 3.37. The number of rotatable bonds is 5. The number of ether oxygens (including phenoxy) is 1. The fraction of sp³-hybridized carbons (Fsp3) is 0.900. The third kappa shape index (κ3) is 3.96. The minimum atomic E-state index is -0.193. The first kappa shape index (κ1) is 12.0. The Hall–Kier alpha value is -0.0900. The SMILES string of the molecule is CC(CCCBr)NC(=O)C1CCCO1. The van der Waals surface area contributed by atoms with Gasteiger partial charge in [-0.05, 0) is 32.6 Å². The summed E-state index contributed by atoms with van der Waals surface area (Å²) in [6.07, 6.45) is 3.79. The van der Waals surface area contributed by atoms with E-state index in [-0.39, 0.29) is 18.1 Å². The number of halogens is 1. The van der Waals surface area contributed by atoms with E-state index in [1.165, 1.54) is 0 Å². The lowest BCUT2D eigenvalue weighted by Crippen LogP contribution is -2.39. The maximum atomic E-state index is 11.6. The summed E-state index contributed by atoms with van der Waals surface area (Å²) in [6, 6.07) is 0.254. The summed E-state index contributed by atoms with van der Waals surface area (Å²) in [5, 5.41) is 3.97. The van der Waals surface area contributed by atoms with Crippen LogP contribution in [0.25, 0.3) is 0 Å². The molecule has 1 amide bonds. The fourth-order valence-electron chi connectivity index (χ4n) is 1.58. The molecule has 0 aliphatic carbocycles. The van der Waals surface area contributed by atoms with Gasteiger partial charge in [-0.25, -0.2) is 0 Å². The molecule has 2 atom stereocenters. The van der Waals surface area contributed by atoms with Gasteiger partial charge in [0, 0.05) is 18.0 Å². The number of hydrogen-bond acceptors (Lipinski definition) is 2. The maximum absolute atomic E-state index is 11.6. The van der Waals surface area contributed by atoms with Gasteiger partial charge in [0.05, 0.1) is 0 Å². The summed E-state index contributed by atoms with van der Waals surface area (Å²) in [5.74, 6) is 0.0598. The van der Waals surface area contributed by atoms with Gasteiger partial charge in [0.2, 0.25) is 5.91 Å². The van der Waals surface area contributed by atoms with E-state index in [2.05, 4.69) is 21.2 Å². The zero-order valence-corrected chi connectivity index (χ0v) is 10.2. The number of carbonyl (C=O) groups excluding carboxylic acids is 1. The minimum absolute atomic E-state index is 0.0598. The molecule has 1 saturated heterocycles. The Balaban J connectivity index is 2.18. The van der Waals surface area contributed by atoms with Crippen molar-refractivity contribution in [2.24, 2.45) is 0 Å². The van der Waals surface area contributed by atoms with Gasteiger partial charge in [-0.2, -0.15) is 0 Å². The Morgan fingerprint density at radius 1 is 1.71 bits per heavy atom. The van der Waals surface area contributed by atoms with Crippen molar-refractivity contribution in [3.63, 3.8) is 0 Å². The molecule has 1 rings (SSSR count). The highest BCUT2D eigenvalue weighted by Gasteiger charge is 2.24. The zero-order chi connectivity index (χ0) is 10.4. The standard InChI is InChI=1S/C10H18BrNO2/c1-8(4-2-6-11)12-10(13)9-5-3-7-14-9/h8-9H,2-7H2,1H3,(H,12,13). The van der Waals surface area contributed by atoms with Crippen LogP contribution in [0.15, 0.2) is 0 Å². The van der Waals surface area contributed by atoms with E-state index in [4.69, 9.17) is 4.74 Å². The Kier molecular flexibility index (Phi) is 5.48. The monoisotopic (exact) mass is 263 g/mol. The molecule has 2 unspecified atom stereocenters. The first-order chi connectivity index (χ1) is 6.74. The molecule has 0 radical (unpaired) electrons. The van der Waals surface area contributed by atoms with Crippen LogP contribution in [-0.2, 0) is 9.53 Å². The third-order valence-electron chi connectivity index (χ3n) is 2.38. The summed E-state index contributed by atoms with van der Waals surface area (Å²) in [4.78, 5) is 11.6. The molecule has 82 valence electrons. The second-order valence-corrected chi connectivity index (χ2v) is 4.54. The second kappa shape index (κ2) is 6.40. The Morgan fingerprint density at radius 3 is 3.07 bits per heavy atom. The first-order valence-corrected chi connectivity index (χ1v) is 6.34. The quantitative estimate of drug-likeness (QED) is 0.769. The smallest absolute Gasteiger partial charge is 0.249 e. The lowest BCUT2D eigenvalue weighted by Gasteiger charge is -2.16. The Morgan fingerprint density at radius 2 is 2.50 bits per heavy atom. The molecule has 1 aliphatic heterocycles. The van der Waals surface area contributed by atoms with Crippen LogP contribution in [0, 0.1) is 0 Å². The van der Waals surface area contributed by atoms with Crippen LogP contribution in [0.1, 0.15) is 32.6 Å². The van der Waals surface area contributed by atoms with Crippen LogP contribution in [0.2, 0.25) is 0 Å². The van der Waals surface area contributed by atoms with Gasteiger partial charge in [0.25, 0.3) is 0 Å². The van der Waals surface area contributed by atoms with Gasteiger partial charge in [0.1, 0.15) is 6.10 Å². The Bertz CT molecular complexity index is 181. The van der Waals surface area contributed by atoms with Gasteiger partial charge in [0.15, 0.2) is 0 Å². The number of carbonyl (C=O) groups is 1. The largest absolute Gasteiger partial charge is 0.368 e. The number of amides is 1. The van der Waals surface area contributed by atoms with Crippen molar-refractivity contribution in [2.45, 2.75) is 44.8 Å². The van der Waals surface area contributed by atoms with E-state index in [1.54, 1.807) is 0 Å². The predicted molar refractivity (Wildman–Crippen MR) is 59.6 cm³/mol. The topological polar surface area (TPSA) is 38.3 Å². The highest BCUT2D eigenvalue weighted by Crippen LogP contribution is 2.12. The van der Waals surface area contributed by atoms with Gasteiger partial charge in [-0.1, -0.05) is 15.9 Å². The molecule has 0 spiro atoms. The normalized spacial score (nSPS) is 23.4. The molecular weight excluding hydrogens is 246 g/mol. The number of nitrogens with one attached hydrogen (secondary N) is 1. The lowest BCUT2D eigenvalue weighted by molar-refractivity contribution is -0.130. The lowest BCUT2D eigenvalue weighted by atomic mass is 10.1.